The molecule has 0 bridgehead atoms. The van der Waals surface area contributed by atoms with E-state index in [2.05, 4.69) is 57.1 Å². The molecule has 1 unspecified atom stereocenters. The Kier molecular flexibility index (Phi) is 4.17. The van der Waals surface area contributed by atoms with Gasteiger partial charge >= 0.3 is 0 Å². The molecular weight excluding hydrogens is 342 g/mol. The van der Waals surface area contributed by atoms with E-state index in [9.17, 15) is 0 Å². The zero-order chi connectivity index (χ0) is 16.7. The second kappa shape index (κ2) is 6.33. The van der Waals surface area contributed by atoms with Crippen LogP contribution in [0, 0.1) is 0 Å². The van der Waals surface area contributed by atoms with Crippen LogP contribution in [0.4, 0.5) is 0 Å². The van der Waals surface area contributed by atoms with Crippen molar-refractivity contribution in [3.8, 4) is 10.7 Å². The van der Waals surface area contributed by atoms with Crippen molar-refractivity contribution in [3.63, 3.8) is 0 Å². The number of thiophene rings is 1. The normalized spacial score (nSPS) is 16.0. The predicted octanol–water partition coefficient (Wildman–Crippen LogP) is 4.70. The molecule has 126 valence electrons. The summed E-state index contributed by atoms with van der Waals surface area (Å²) in [6.45, 7) is 6.19. The van der Waals surface area contributed by atoms with Crippen molar-refractivity contribution in [1.29, 1.82) is 0 Å². The molecule has 0 N–H and O–H groups in total. The average molecular weight is 361 g/mol. The van der Waals surface area contributed by atoms with Crippen molar-refractivity contribution in [2.75, 3.05) is 0 Å². The number of hydrogen-bond acceptors (Lipinski definition) is 7. The van der Waals surface area contributed by atoms with Gasteiger partial charge in [0.1, 0.15) is 0 Å². The van der Waals surface area contributed by atoms with Gasteiger partial charge in [0.2, 0.25) is 5.89 Å². The molecule has 4 rings (SSSR count). The number of rotatable bonds is 6. The van der Waals surface area contributed by atoms with Crippen molar-refractivity contribution >= 4 is 23.1 Å². The van der Waals surface area contributed by atoms with Crippen molar-refractivity contribution in [1.82, 2.24) is 24.9 Å². The standard InChI is InChI=1S/C16H19N5OS2/c1-9(2)13-17-15(22-20-13)10(3)24-16-19-18-14(12-5-4-8-23-12)21(16)11-6-7-11/h4-5,8-11H,6-7H2,1-3H3. The number of hydrogen-bond donors (Lipinski definition) is 0. The lowest BCUT2D eigenvalue weighted by Gasteiger charge is -2.09. The van der Waals surface area contributed by atoms with E-state index in [0.29, 0.717) is 11.9 Å². The molecule has 0 spiro atoms. The molecule has 0 saturated heterocycles. The molecule has 24 heavy (non-hydrogen) atoms. The molecule has 0 radical (unpaired) electrons. The zero-order valence-corrected chi connectivity index (χ0v) is 15.5. The van der Waals surface area contributed by atoms with Gasteiger partial charge in [-0.25, -0.2) is 0 Å². The van der Waals surface area contributed by atoms with Crippen LogP contribution in [-0.4, -0.2) is 24.9 Å². The van der Waals surface area contributed by atoms with Crippen LogP contribution < -0.4 is 0 Å². The quantitative estimate of drug-likeness (QED) is 0.593. The van der Waals surface area contributed by atoms with Gasteiger partial charge in [-0.1, -0.05) is 36.8 Å². The van der Waals surface area contributed by atoms with Crippen molar-refractivity contribution < 1.29 is 4.52 Å². The van der Waals surface area contributed by atoms with Gasteiger partial charge in [-0.2, -0.15) is 4.98 Å². The molecule has 3 heterocycles. The molecule has 0 amide bonds. The minimum Gasteiger partial charge on any atom is -0.338 e. The number of aromatic nitrogens is 5. The molecule has 1 fully saturated rings. The number of nitrogens with zero attached hydrogens (tertiary/aromatic N) is 5. The van der Waals surface area contributed by atoms with E-state index in [1.165, 1.54) is 12.8 Å². The van der Waals surface area contributed by atoms with Crippen LogP contribution in [0.3, 0.4) is 0 Å². The zero-order valence-electron chi connectivity index (χ0n) is 13.8. The first-order valence-electron chi connectivity index (χ1n) is 8.12. The first-order valence-corrected chi connectivity index (χ1v) is 9.88. The largest absolute Gasteiger partial charge is 0.338 e. The summed E-state index contributed by atoms with van der Waals surface area (Å²) >= 11 is 3.33. The van der Waals surface area contributed by atoms with Crippen LogP contribution in [0.1, 0.15) is 62.5 Å². The summed E-state index contributed by atoms with van der Waals surface area (Å²) in [5.41, 5.74) is 0. The Morgan fingerprint density at radius 2 is 2.12 bits per heavy atom. The lowest BCUT2D eigenvalue weighted by molar-refractivity contribution is 0.373. The Bertz CT molecular complexity index is 820. The van der Waals surface area contributed by atoms with E-state index >= 15 is 0 Å². The smallest absolute Gasteiger partial charge is 0.239 e. The third-order valence-corrected chi connectivity index (χ3v) is 5.83. The summed E-state index contributed by atoms with van der Waals surface area (Å²) in [4.78, 5) is 5.66. The lowest BCUT2D eigenvalue weighted by Crippen LogP contribution is -2.00. The summed E-state index contributed by atoms with van der Waals surface area (Å²) < 4.78 is 7.69. The molecular formula is C16H19N5OS2. The second-order valence-corrected chi connectivity index (χ2v) is 8.55. The van der Waals surface area contributed by atoms with Gasteiger partial charge in [-0.15, -0.1) is 21.5 Å². The van der Waals surface area contributed by atoms with Gasteiger partial charge in [0.05, 0.1) is 10.1 Å². The molecule has 6 nitrogen and oxygen atoms in total. The van der Waals surface area contributed by atoms with Gasteiger partial charge < -0.3 is 4.52 Å². The maximum atomic E-state index is 5.42. The summed E-state index contributed by atoms with van der Waals surface area (Å²) in [6, 6.07) is 4.66. The highest BCUT2D eigenvalue weighted by Gasteiger charge is 2.31. The Balaban J connectivity index is 1.60. The van der Waals surface area contributed by atoms with Gasteiger partial charge in [0.25, 0.3) is 0 Å². The fourth-order valence-electron chi connectivity index (χ4n) is 2.45. The molecule has 0 aromatic carbocycles. The molecule has 1 saturated carbocycles. The lowest BCUT2D eigenvalue weighted by atomic mass is 10.2. The van der Waals surface area contributed by atoms with Crippen molar-refractivity contribution in [2.45, 2.75) is 56.0 Å². The highest BCUT2D eigenvalue weighted by Crippen LogP contribution is 2.44. The first kappa shape index (κ1) is 15.8. The highest BCUT2D eigenvalue weighted by molar-refractivity contribution is 7.99. The molecule has 3 aromatic rings. The van der Waals surface area contributed by atoms with Gasteiger partial charge in [-0.3, -0.25) is 4.57 Å². The van der Waals surface area contributed by atoms with E-state index in [0.717, 1.165) is 21.7 Å². The SMILES string of the molecule is CC(C)c1noc(C(C)Sc2nnc(-c3cccs3)n2C2CC2)n1. The van der Waals surface area contributed by atoms with Crippen LogP contribution in [0.5, 0.6) is 0 Å². The second-order valence-electron chi connectivity index (χ2n) is 6.29. The summed E-state index contributed by atoms with van der Waals surface area (Å²) in [7, 11) is 0. The van der Waals surface area contributed by atoms with E-state index in [-0.39, 0.29) is 11.2 Å². The van der Waals surface area contributed by atoms with Crippen LogP contribution in [0.25, 0.3) is 10.7 Å². The predicted molar refractivity (Wildman–Crippen MR) is 94.3 cm³/mol. The van der Waals surface area contributed by atoms with Crippen LogP contribution >= 0.6 is 23.1 Å². The minimum absolute atomic E-state index is 0.0443. The Morgan fingerprint density at radius 3 is 2.75 bits per heavy atom. The van der Waals surface area contributed by atoms with Crippen LogP contribution in [0.2, 0.25) is 0 Å². The van der Waals surface area contributed by atoms with Crippen LogP contribution in [0.15, 0.2) is 27.2 Å². The van der Waals surface area contributed by atoms with Crippen LogP contribution in [-0.2, 0) is 0 Å². The Hall–Kier alpha value is -1.67. The summed E-state index contributed by atoms with van der Waals surface area (Å²) in [5, 5.41) is 16.0. The molecule has 1 aliphatic rings. The average Bonchev–Trinajstić information content (AvgIpc) is 3.01. The fraction of sp³-hybridized carbons (Fsp3) is 0.500. The topological polar surface area (TPSA) is 69.6 Å². The van der Waals surface area contributed by atoms with E-state index in [4.69, 9.17) is 4.52 Å². The molecule has 3 aromatic heterocycles. The highest BCUT2D eigenvalue weighted by atomic mass is 32.2. The van der Waals surface area contributed by atoms with Gasteiger partial charge in [0, 0.05) is 12.0 Å². The van der Waals surface area contributed by atoms with Gasteiger partial charge in [0.15, 0.2) is 16.8 Å². The third-order valence-electron chi connectivity index (χ3n) is 3.92. The summed E-state index contributed by atoms with van der Waals surface area (Å²) in [6.07, 6.45) is 2.38. The minimum atomic E-state index is 0.0443. The number of thioether (sulfide) groups is 1. The van der Waals surface area contributed by atoms with Crippen molar-refractivity contribution in [2.24, 2.45) is 0 Å². The molecule has 0 aliphatic heterocycles. The monoisotopic (exact) mass is 361 g/mol. The summed E-state index contributed by atoms with van der Waals surface area (Å²) in [5.74, 6) is 2.63. The van der Waals surface area contributed by atoms with E-state index in [1.54, 1.807) is 23.1 Å². The molecule has 8 heteroatoms. The Labute approximate surface area is 148 Å². The maximum Gasteiger partial charge on any atom is 0.239 e. The van der Waals surface area contributed by atoms with E-state index < -0.39 is 0 Å². The first-order chi connectivity index (χ1) is 11.6. The van der Waals surface area contributed by atoms with Crippen molar-refractivity contribution in [3.05, 3.63) is 29.2 Å². The molecule has 1 atom stereocenters. The molecule has 1 aliphatic carbocycles. The Morgan fingerprint density at radius 1 is 1.29 bits per heavy atom. The van der Waals surface area contributed by atoms with Gasteiger partial charge in [-0.05, 0) is 31.2 Å². The van der Waals surface area contributed by atoms with E-state index in [1.807, 2.05) is 6.07 Å². The fourth-order valence-corrected chi connectivity index (χ4v) is 4.10. The third kappa shape index (κ3) is 3.00. The maximum absolute atomic E-state index is 5.42.